The maximum atomic E-state index is 14.3. The van der Waals surface area contributed by atoms with Crippen molar-refractivity contribution in [3.8, 4) is 11.3 Å². The molecule has 8 heteroatoms. The third kappa shape index (κ3) is 6.27. The van der Waals surface area contributed by atoms with E-state index < -0.39 is 5.82 Å². The van der Waals surface area contributed by atoms with Gasteiger partial charge in [0, 0.05) is 44.4 Å². The van der Waals surface area contributed by atoms with Crippen LogP contribution in [0, 0.1) is 23.6 Å². The Kier molecular flexibility index (Phi) is 9.24. The first-order valence-corrected chi connectivity index (χ1v) is 11.7. The van der Waals surface area contributed by atoms with Gasteiger partial charge < -0.3 is 9.52 Å². The van der Waals surface area contributed by atoms with E-state index in [2.05, 4.69) is 16.0 Å². The van der Waals surface area contributed by atoms with Crippen molar-refractivity contribution in [1.29, 1.82) is 0 Å². The summed E-state index contributed by atoms with van der Waals surface area (Å²) in [7, 11) is 0. The van der Waals surface area contributed by atoms with Gasteiger partial charge in [0.2, 0.25) is 0 Å². The second-order valence-corrected chi connectivity index (χ2v) is 8.42. The van der Waals surface area contributed by atoms with E-state index in [1.807, 2.05) is 19.9 Å². The number of rotatable bonds is 5. The summed E-state index contributed by atoms with van der Waals surface area (Å²) in [6.07, 6.45) is 4.56. The monoisotopic (exact) mass is 680 g/mol. The van der Waals surface area contributed by atoms with Crippen molar-refractivity contribution in [3.63, 3.8) is 0 Å². The summed E-state index contributed by atoms with van der Waals surface area (Å²) in [4.78, 5) is 19.7. The summed E-state index contributed by atoms with van der Waals surface area (Å²) in [5.41, 5.74) is 2.25. The fraction of sp³-hybridized carbons (Fsp3) is 0.207. The van der Waals surface area contributed by atoms with Gasteiger partial charge in [0.25, 0.3) is 0 Å². The van der Waals surface area contributed by atoms with E-state index in [-0.39, 0.29) is 43.4 Å². The standard InChI is InChI=1S/C20H9F2N2O.C9H16O2.Ir/c21-12-4-6-14-13-5-3-11(8-18(13)25-19(14)9-12)17-10-16(22)15-2-1-7-23-20(15)24-17;1-4-8(5-2)9(11)6-7(3)10;/h1-7,9-10H;6,8,10H,4-5H2,1-3H3;/q-1;;/b;7-6-;. The number of nitrogens with zero attached hydrogens (tertiary/aromatic N) is 2. The first-order valence-electron chi connectivity index (χ1n) is 11.7. The van der Waals surface area contributed by atoms with Crippen molar-refractivity contribution in [3.05, 3.63) is 84.3 Å². The third-order valence-electron chi connectivity index (χ3n) is 5.90. The van der Waals surface area contributed by atoms with E-state index in [0.717, 1.165) is 23.6 Å². The Balaban J connectivity index is 0.000000273. The predicted octanol–water partition coefficient (Wildman–Crippen LogP) is 7.73. The molecule has 1 N–H and O–H groups in total. The SMILES string of the molecule is CCC(CC)C(=O)/C=C(/C)O.Fc1ccc2c(c1)oc1[c-]c(-c3cc(F)c4cccnc4n3)ccc12.[Ir]. The van der Waals surface area contributed by atoms with Crippen LogP contribution >= 0.6 is 0 Å². The number of carbonyl (C=O) groups excluding carboxylic acids is 1. The fourth-order valence-electron chi connectivity index (χ4n) is 4.00. The van der Waals surface area contributed by atoms with Crippen molar-refractivity contribution < 1.29 is 43.2 Å². The normalized spacial score (nSPS) is 11.5. The Labute approximate surface area is 226 Å². The van der Waals surface area contributed by atoms with Crippen LogP contribution in [0.4, 0.5) is 8.78 Å². The van der Waals surface area contributed by atoms with Gasteiger partial charge in [-0.05, 0) is 55.1 Å². The van der Waals surface area contributed by atoms with Crippen LogP contribution in [0.3, 0.4) is 0 Å². The molecule has 0 amide bonds. The number of hydrogen-bond acceptors (Lipinski definition) is 5. The molecule has 1 radical (unpaired) electrons. The molecule has 0 saturated carbocycles. The van der Waals surface area contributed by atoms with E-state index in [4.69, 9.17) is 9.52 Å². The van der Waals surface area contributed by atoms with Gasteiger partial charge in [-0.1, -0.05) is 31.4 Å². The van der Waals surface area contributed by atoms with Crippen molar-refractivity contribution in [2.24, 2.45) is 5.92 Å². The molecule has 0 bridgehead atoms. The summed E-state index contributed by atoms with van der Waals surface area (Å²) < 4.78 is 33.4. The van der Waals surface area contributed by atoms with Crippen molar-refractivity contribution in [2.75, 3.05) is 0 Å². The van der Waals surface area contributed by atoms with Crippen molar-refractivity contribution in [1.82, 2.24) is 9.97 Å². The summed E-state index contributed by atoms with van der Waals surface area (Å²) in [6, 6.07) is 15.8. The van der Waals surface area contributed by atoms with E-state index >= 15 is 0 Å². The molecule has 5 nitrogen and oxygen atoms in total. The number of hydrogen-bond donors (Lipinski definition) is 1. The molecule has 3 heterocycles. The zero-order valence-corrected chi connectivity index (χ0v) is 22.9. The van der Waals surface area contributed by atoms with Crippen LogP contribution in [0.5, 0.6) is 0 Å². The maximum absolute atomic E-state index is 14.3. The van der Waals surface area contributed by atoms with Crippen LogP contribution in [0.15, 0.2) is 71.0 Å². The predicted molar refractivity (Wildman–Crippen MR) is 136 cm³/mol. The number of benzene rings is 2. The molecule has 37 heavy (non-hydrogen) atoms. The molecule has 2 aromatic carbocycles. The molecule has 0 fully saturated rings. The number of aromatic nitrogens is 2. The largest absolute Gasteiger partial charge is 0.512 e. The summed E-state index contributed by atoms with van der Waals surface area (Å²) >= 11 is 0. The molecule has 193 valence electrons. The molecule has 5 aromatic rings. The Morgan fingerprint density at radius 1 is 1.08 bits per heavy atom. The number of aliphatic hydroxyl groups excluding tert-OH is 1. The second-order valence-electron chi connectivity index (χ2n) is 8.42. The number of ketones is 1. The fourth-order valence-corrected chi connectivity index (χ4v) is 4.00. The smallest absolute Gasteiger partial charge is 0.162 e. The van der Waals surface area contributed by atoms with Crippen molar-refractivity contribution >= 4 is 38.8 Å². The van der Waals surface area contributed by atoms with Gasteiger partial charge in [-0.3, -0.25) is 9.78 Å². The average molecular weight is 680 g/mol. The first-order chi connectivity index (χ1) is 17.3. The molecule has 0 unspecified atom stereocenters. The van der Waals surface area contributed by atoms with Gasteiger partial charge in [0.1, 0.15) is 17.2 Å². The molecule has 0 aliphatic heterocycles. The molecule has 0 spiro atoms. The summed E-state index contributed by atoms with van der Waals surface area (Å²) in [5.74, 6) is -0.543. The van der Waals surface area contributed by atoms with Crippen LogP contribution in [-0.2, 0) is 24.9 Å². The number of carbonyl (C=O) groups is 1. The van der Waals surface area contributed by atoms with Crippen molar-refractivity contribution in [2.45, 2.75) is 33.6 Å². The minimum absolute atomic E-state index is 0. The van der Waals surface area contributed by atoms with Gasteiger partial charge in [0.15, 0.2) is 11.4 Å². The van der Waals surface area contributed by atoms with Crippen LogP contribution in [0.1, 0.15) is 33.6 Å². The maximum Gasteiger partial charge on any atom is 0.162 e. The number of allylic oxidation sites excluding steroid dienone is 2. The number of aliphatic hydroxyl groups is 1. The average Bonchev–Trinajstić information content (AvgIpc) is 3.21. The van der Waals surface area contributed by atoms with E-state index in [9.17, 15) is 13.6 Å². The molecule has 0 aliphatic rings. The van der Waals surface area contributed by atoms with Crippen LogP contribution in [0.2, 0.25) is 0 Å². The quantitative estimate of drug-likeness (QED) is 0.117. The number of furan rings is 1. The molecular weight excluding hydrogens is 655 g/mol. The molecular formula is C29H25F2IrN2O3-. The Bertz CT molecular complexity index is 1590. The zero-order chi connectivity index (χ0) is 25.8. The van der Waals surface area contributed by atoms with Gasteiger partial charge >= 0.3 is 0 Å². The molecule has 0 saturated heterocycles. The van der Waals surface area contributed by atoms with E-state index in [0.29, 0.717) is 33.5 Å². The summed E-state index contributed by atoms with van der Waals surface area (Å²) in [5, 5.41) is 10.8. The van der Waals surface area contributed by atoms with Gasteiger partial charge in [0.05, 0.1) is 16.7 Å². The number of pyridine rings is 2. The Morgan fingerprint density at radius 2 is 1.81 bits per heavy atom. The van der Waals surface area contributed by atoms with E-state index in [1.54, 1.807) is 30.5 Å². The van der Waals surface area contributed by atoms with Crippen LogP contribution in [0.25, 0.3) is 44.2 Å². The molecule has 0 atom stereocenters. The number of fused-ring (bicyclic) bond motifs is 4. The Morgan fingerprint density at radius 3 is 2.51 bits per heavy atom. The molecule has 0 aliphatic carbocycles. The Hall–Kier alpha value is -3.48. The van der Waals surface area contributed by atoms with Crippen LogP contribution in [-0.4, -0.2) is 20.9 Å². The number of halogens is 2. The van der Waals surface area contributed by atoms with Gasteiger partial charge in [-0.2, -0.15) is 0 Å². The van der Waals surface area contributed by atoms with Gasteiger partial charge in [-0.25, -0.2) is 13.8 Å². The van der Waals surface area contributed by atoms with Gasteiger partial charge in [-0.15, -0.1) is 17.7 Å². The minimum atomic E-state index is -0.395. The zero-order valence-electron chi connectivity index (χ0n) is 20.5. The first kappa shape index (κ1) is 28.1. The molecule has 5 rings (SSSR count). The second kappa shape index (κ2) is 12.2. The minimum Gasteiger partial charge on any atom is -0.512 e. The topological polar surface area (TPSA) is 76.2 Å². The van der Waals surface area contributed by atoms with E-state index in [1.165, 1.54) is 31.2 Å². The summed E-state index contributed by atoms with van der Waals surface area (Å²) in [6.45, 7) is 5.47. The molecule has 3 aromatic heterocycles. The third-order valence-corrected chi connectivity index (χ3v) is 5.90. The van der Waals surface area contributed by atoms with Crippen LogP contribution < -0.4 is 0 Å².